The molecule has 0 heterocycles. The summed E-state index contributed by atoms with van der Waals surface area (Å²) in [5.41, 5.74) is 6.16. The third kappa shape index (κ3) is 3.79. The van der Waals surface area contributed by atoms with E-state index in [1.165, 1.54) is 0 Å². The first-order valence-electron chi connectivity index (χ1n) is 4.71. The molecule has 0 fully saturated rings. The Hall–Kier alpha value is -1.13. The minimum atomic E-state index is 0.00887. The zero-order valence-corrected chi connectivity index (χ0v) is 10.3. The van der Waals surface area contributed by atoms with Crippen LogP contribution in [0, 0.1) is 0 Å². The molecule has 0 bridgehead atoms. The van der Waals surface area contributed by atoms with E-state index >= 15 is 0 Å². The number of anilines is 1. The highest BCUT2D eigenvalue weighted by Gasteiger charge is 2.07. The maximum atomic E-state index is 8.43. The summed E-state index contributed by atoms with van der Waals surface area (Å²) in [4.78, 5) is 0. The molecule has 0 saturated heterocycles. The van der Waals surface area contributed by atoms with Gasteiger partial charge in [0.1, 0.15) is 5.84 Å². The molecule has 1 rings (SSSR count). The van der Waals surface area contributed by atoms with Crippen molar-refractivity contribution in [1.82, 2.24) is 0 Å². The van der Waals surface area contributed by atoms with Crippen molar-refractivity contribution in [3.63, 3.8) is 0 Å². The summed E-state index contributed by atoms with van der Waals surface area (Å²) in [6.45, 7) is 1.91. The lowest BCUT2D eigenvalue weighted by molar-refractivity contribution is 0.316. The fourth-order valence-corrected chi connectivity index (χ4v) is 1.74. The Morgan fingerprint density at radius 2 is 2.25 bits per heavy atom. The van der Waals surface area contributed by atoms with Crippen molar-refractivity contribution in [3.05, 3.63) is 28.2 Å². The number of halogens is 2. The second-order valence-electron chi connectivity index (χ2n) is 3.47. The van der Waals surface area contributed by atoms with E-state index in [1.54, 1.807) is 18.2 Å². The maximum absolute atomic E-state index is 8.43. The molecule has 4 nitrogen and oxygen atoms in total. The van der Waals surface area contributed by atoms with E-state index in [0.29, 0.717) is 16.5 Å². The first-order valence-corrected chi connectivity index (χ1v) is 5.46. The third-order valence-electron chi connectivity index (χ3n) is 1.98. The van der Waals surface area contributed by atoms with E-state index < -0.39 is 0 Å². The number of benzene rings is 1. The number of amidine groups is 1. The molecule has 1 aromatic carbocycles. The van der Waals surface area contributed by atoms with Gasteiger partial charge in [-0.3, -0.25) is 0 Å². The average molecular weight is 262 g/mol. The number of rotatable bonds is 4. The summed E-state index contributed by atoms with van der Waals surface area (Å²) < 4.78 is 0. The molecule has 1 atom stereocenters. The lowest BCUT2D eigenvalue weighted by Gasteiger charge is -2.15. The summed E-state index contributed by atoms with van der Waals surface area (Å²) in [6, 6.07) is 5.19. The van der Waals surface area contributed by atoms with Gasteiger partial charge in [0.25, 0.3) is 0 Å². The molecule has 0 saturated carbocycles. The minimum absolute atomic E-state index is 0.00887. The lowest BCUT2D eigenvalue weighted by Crippen LogP contribution is -2.24. The standard InChI is InChI=1S/C10H13Cl2N3O/c1-6(4-10(13)15-16)14-9-3-2-7(11)5-8(9)12/h2-3,5-6,14,16H,4H2,1H3,(H2,13,15). The predicted molar refractivity (Wildman–Crippen MR) is 67.6 cm³/mol. The number of nitrogens with one attached hydrogen (secondary N) is 1. The van der Waals surface area contributed by atoms with Crippen LogP contribution in [0.15, 0.2) is 23.4 Å². The predicted octanol–water partition coefficient (Wildman–Crippen LogP) is 2.93. The normalized spacial score (nSPS) is 13.6. The molecule has 1 unspecified atom stereocenters. The molecule has 0 aromatic heterocycles. The molecular weight excluding hydrogens is 249 g/mol. The van der Waals surface area contributed by atoms with Crippen LogP contribution >= 0.6 is 23.2 Å². The number of hydrogen-bond acceptors (Lipinski definition) is 3. The van der Waals surface area contributed by atoms with Gasteiger partial charge in [0, 0.05) is 17.5 Å². The molecule has 0 radical (unpaired) electrons. The van der Waals surface area contributed by atoms with Crippen molar-refractivity contribution in [2.45, 2.75) is 19.4 Å². The maximum Gasteiger partial charge on any atom is 0.141 e. The van der Waals surface area contributed by atoms with Gasteiger partial charge in [-0.05, 0) is 25.1 Å². The van der Waals surface area contributed by atoms with Crippen LogP contribution in [-0.4, -0.2) is 17.1 Å². The van der Waals surface area contributed by atoms with Crippen LogP contribution in [0.25, 0.3) is 0 Å². The van der Waals surface area contributed by atoms with Gasteiger partial charge in [-0.25, -0.2) is 0 Å². The highest BCUT2D eigenvalue weighted by Crippen LogP contribution is 2.26. The van der Waals surface area contributed by atoms with Gasteiger partial charge in [-0.1, -0.05) is 28.4 Å². The monoisotopic (exact) mass is 261 g/mol. The first-order chi connectivity index (χ1) is 7.52. The van der Waals surface area contributed by atoms with Crippen molar-refractivity contribution in [2.24, 2.45) is 10.9 Å². The van der Waals surface area contributed by atoms with E-state index in [0.717, 1.165) is 5.69 Å². The Morgan fingerprint density at radius 3 is 2.81 bits per heavy atom. The van der Waals surface area contributed by atoms with Crippen LogP contribution in [0.5, 0.6) is 0 Å². The van der Waals surface area contributed by atoms with Gasteiger partial charge >= 0.3 is 0 Å². The Labute approximate surface area is 104 Å². The molecule has 4 N–H and O–H groups in total. The fourth-order valence-electron chi connectivity index (χ4n) is 1.28. The molecule has 0 aliphatic rings. The highest BCUT2D eigenvalue weighted by molar-refractivity contribution is 6.36. The quantitative estimate of drug-likeness (QED) is 0.338. The zero-order chi connectivity index (χ0) is 12.1. The average Bonchev–Trinajstić information content (AvgIpc) is 2.22. The molecule has 88 valence electrons. The number of nitrogens with two attached hydrogens (primary N) is 1. The van der Waals surface area contributed by atoms with E-state index in [4.69, 9.17) is 34.1 Å². The van der Waals surface area contributed by atoms with E-state index in [9.17, 15) is 0 Å². The summed E-state index contributed by atoms with van der Waals surface area (Å²) in [5.74, 6) is 0.171. The minimum Gasteiger partial charge on any atom is -0.409 e. The van der Waals surface area contributed by atoms with Crippen LogP contribution in [0.4, 0.5) is 5.69 Å². The van der Waals surface area contributed by atoms with Gasteiger partial charge in [0.2, 0.25) is 0 Å². The van der Waals surface area contributed by atoms with Crippen LogP contribution in [0.2, 0.25) is 10.0 Å². The summed E-state index contributed by atoms with van der Waals surface area (Å²) in [5, 5.41) is 15.6. The number of nitrogens with zero attached hydrogens (tertiary/aromatic N) is 1. The smallest absolute Gasteiger partial charge is 0.141 e. The van der Waals surface area contributed by atoms with Crippen LogP contribution < -0.4 is 11.1 Å². The highest BCUT2D eigenvalue weighted by atomic mass is 35.5. The fraction of sp³-hybridized carbons (Fsp3) is 0.300. The van der Waals surface area contributed by atoms with Crippen molar-refractivity contribution in [2.75, 3.05) is 5.32 Å². The Morgan fingerprint density at radius 1 is 1.56 bits per heavy atom. The van der Waals surface area contributed by atoms with Crippen molar-refractivity contribution in [3.8, 4) is 0 Å². The summed E-state index contributed by atoms with van der Waals surface area (Å²) in [7, 11) is 0. The zero-order valence-electron chi connectivity index (χ0n) is 8.74. The Balaban J connectivity index is 2.66. The van der Waals surface area contributed by atoms with E-state index in [1.807, 2.05) is 6.92 Å². The largest absolute Gasteiger partial charge is 0.409 e. The van der Waals surface area contributed by atoms with Gasteiger partial charge in [-0.15, -0.1) is 0 Å². The Kier molecular flexibility index (Phi) is 4.71. The molecule has 0 amide bonds. The lowest BCUT2D eigenvalue weighted by atomic mass is 10.2. The molecule has 16 heavy (non-hydrogen) atoms. The second-order valence-corrected chi connectivity index (χ2v) is 4.31. The number of hydrogen-bond donors (Lipinski definition) is 3. The van der Waals surface area contributed by atoms with E-state index in [-0.39, 0.29) is 11.9 Å². The van der Waals surface area contributed by atoms with Crippen molar-refractivity contribution in [1.29, 1.82) is 0 Å². The van der Waals surface area contributed by atoms with Gasteiger partial charge < -0.3 is 16.3 Å². The van der Waals surface area contributed by atoms with Crippen molar-refractivity contribution < 1.29 is 5.21 Å². The van der Waals surface area contributed by atoms with Gasteiger partial charge in [0.05, 0.1) is 10.7 Å². The molecule has 0 aliphatic carbocycles. The van der Waals surface area contributed by atoms with Crippen LogP contribution in [0.3, 0.4) is 0 Å². The van der Waals surface area contributed by atoms with Gasteiger partial charge in [-0.2, -0.15) is 0 Å². The Bertz CT molecular complexity index is 396. The molecule has 0 aliphatic heterocycles. The molecule has 0 spiro atoms. The van der Waals surface area contributed by atoms with Crippen molar-refractivity contribution >= 4 is 34.7 Å². The second kappa shape index (κ2) is 5.82. The molecule has 6 heteroatoms. The third-order valence-corrected chi connectivity index (χ3v) is 2.52. The number of oxime groups is 1. The SMILES string of the molecule is CC(CC(N)=NO)Nc1ccc(Cl)cc1Cl. The molecule has 1 aromatic rings. The topological polar surface area (TPSA) is 70.6 Å². The van der Waals surface area contributed by atoms with E-state index in [2.05, 4.69) is 10.5 Å². The summed E-state index contributed by atoms with van der Waals surface area (Å²) >= 11 is 11.8. The van der Waals surface area contributed by atoms with Gasteiger partial charge in [0.15, 0.2) is 0 Å². The summed E-state index contributed by atoms with van der Waals surface area (Å²) in [6.07, 6.45) is 0.426. The molecular formula is C10H13Cl2N3O. The van der Waals surface area contributed by atoms with Crippen LogP contribution in [-0.2, 0) is 0 Å². The van der Waals surface area contributed by atoms with Crippen LogP contribution in [0.1, 0.15) is 13.3 Å². The first kappa shape index (κ1) is 12.9.